The molecule has 0 saturated heterocycles. The Kier molecular flexibility index (Phi) is 10.4. The highest BCUT2D eigenvalue weighted by Crippen LogP contribution is 2.26. The summed E-state index contributed by atoms with van der Waals surface area (Å²) in [7, 11) is 2.85. The number of nitrogens with two attached hydrogens (primary N) is 1. The van der Waals surface area contributed by atoms with Crippen LogP contribution in [0.15, 0.2) is 12.3 Å². The van der Waals surface area contributed by atoms with Crippen molar-refractivity contribution in [2.45, 2.75) is 70.4 Å². The summed E-state index contributed by atoms with van der Waals surface area (Å²) in [5.74, 6) is -0.326. The zero-order chi connectivity index (χ0) is 23.7. The second kappa shape index (κ2) is 12.7. The van der Waals surface area contributed by atoms with Crippen LogP contribution in [-0.2, 0) is 19.1 Å². The number of carbonyl (C=O) groups excluding carboxylic acids is 3. The number of hydrogen-bond acceptors (Lipinski definition) is 7. The molecule has 0 atom stereocenters. The topological polar surface area (TPSA) is 121 Å². The predicted molar refractivity (Wildman–Crippen MR) is 121 cm³/mol. The van der Waals surface area contributed by atoms with E-state index in [1.165, 1.54) is 20.4 Å². The number of rotatable bonds is 4. The molecule has 0 radical (unpaired) electrons. The maximum atomic E-state index is 12.3. The molecule has 9 heteroatoms. The van der Waals surface area contributed by atoms with Crippen LogP contribution in [0.25, 0.3) is 0 Å². The van der Waals surface area contributed by atoms with Gasteiger partial charge in [-0.25, -0.2) is 0 Å². The first-order chi connectivity index (χ1) is 15.2. The fourth-order valence-corrected chi connectivity index (χ4v) is 4.32. The number of aromatic nitrogens is 1. The summed E-state index contributed by atoms with van der Waals surface area (Å²) in [5.41, 5.74) is 6.84. The Balaban J connectivity index is 0.000000278. The fraction of sp³-hybridized carbons (Fsp3) is 0.652. The minimum absolute atomic E-state index is 0.0438. The average Bonchev–Trinajstić information content (AvgIpc) is 2.81. The lowest BCUT2D eigenvalue weighted by Gasteiger charge is -2.27. The Bertz CT molecular complexity index is 788. The van der Waals surface area contributed by atoms with Crippen LogP contribution in [0.1, 0.15) is 67.4 Å². The standard InChI is InChI=1S/C15H19ClN2O3.C8H15NO2/c1-9-13(7-11(16)8-17-9)14(19)18-12-5-3-10(4-6-12)15(20)21-2;1-11-8(10)6-2-4-7(9)5-3-6/h7-8,10,12H,3-6H2,1-2H3,(H,18,19);6-7H,2-5,9H2,1H3. The van der Waals surface area contributed by atoms with Crippen LogP contribution < -0.4 is 11.1 Å². The Hall–Kier alpha value is -2.19. The van der Waals surface area contributed by atoms with Gasteiger partial charge in [-0.15, -0.1) is 0 Å². The van der Waals surface area contributed by atoms with Gasteiger partial charge in [0.1, 0.15) is 0 Å². The number of carbonyl (C=O) groups is 3. The number of hydrogen-bond donors (Lipinski definition) is 2. The number of nitrogens with zero attached hydrogens (tertiary/aromatic N) is 1. The Morgan fingerprint density at radius 2 is 1.47 bits per heavy atom. The number of pyridine rings is 1. The third kappa shape index (κ3) is 7.74. The van der Waals surface area contributed by atoms with Gasteiger partial charge in [0, 0.05) is 18.3 Å². The third-order valence-corrected chi connectivity index (χ3v) is 6.41. The summed E-state index contributed by atoms with van der Waals surface area (Å²) in [6, 6.07) is 2.01. The highest BCUT2D eigenvalue weighted by Gasteiger charge is 2.28. The molecule has 2 aliphatic carbocycles. The minimum atomic E-state index is -0.163. The number of ether oxygens (including phenoxy) is 2. The maximum absolute atomic E-state index is 12.3. The molecule has 3 rings (SSSR count). The monoisotopic (exact) mass is 467 g/mol. The van der Waals surface area contributed by atoms with Crippen molar-refractivity contribution >= 4 is 29.4 Å². The van der Waals surface area contributed by atoms with Gasteiger partial charge in [-0.05, 0) is 64.4 Å². The molecule has 0 unspecified atom stereocenters. The molecular formula is C23H34ClN3O5. The summed E-state index contributed by atoms with van der Waals surface area (Å²) in [6.45, 7) is 1.78. The SMILES string of the molecule is COC(=O)C1CCC(N)CC1.COC(=O)C1CCC(NC(=O)c2cc(Cl)cnc2C)CC1. The van der Waals surface area contributed by atoms with E-state index in [9.17, 15) is 14.4 Å². The lowest BCUT2D eigenvalue weighted by Crippen LogP contribution is -2.39. The van der Waals surface area contributed by atoms with Crippen molar-refractivity contribution in [1.82, 2.24) is 10.3 Å². The molecule has 1 heterocycles. The summed E-state index contributed by atoms with van der Waals surface area (Å²) < 4.78 is 9.40. The molecular weight excluding hydrogens is 434 g/mol. The molecule has 178 valence electrons. The zero-order valence-electron chi connectivity index (χ0n) is 19.1. The number of esters is 2. The largest absolute Gasteiger partial charge is 0.469 e. The quantitative estimate of drug-likeness (QED) is 0.652. The van der Waals surface area contributed by atoms with Gasteiger partial charge in [-0.3, -0.25) is 19.4 Å². The van der Waals surface area contributed by atoms with Gasteiger partial charge in [0.15, 0.2) is 0 Å². The fourth-order valence-electron chi connectivity index (χ4n) is 4.16. The van der Waals surface area contributed by atoms with E-state index in [4.69, 9.17) is 22.1 Å². The third-order valence-electron chi connectivity index (χ3n) is 6.20. The Morgan fingerprint density at radius 1 is 0.969 bits per heavy atom. The van der Waals surface area contributed by atoms with Crippen LogP contribution in [-0.4, -0.2) is 49.1 Å². The predicted octanol–water partition coefficient (Wildman–Crippen LogP) is 3.18. The molecule has 0 aliphatic heterocycles. The van der Waals surface area contributed by atoms with Gasteiger partial charge in [0.25, 0.3) is 5.91 Å². The van der Waals surface area contributed by atoms with E-state index in [1.807, 2.05) is 0 Å². The smallest absolute Gasteiger partial charge is 0.308 e. The van der Waals surface area contributed by atoms with E-state index < -0.39 is 0 Å². The van der Waals surface area contributed by atoms with Crippen molar-refractivity contribution in [2.75, 3.05) is 14.2 Å². The Labute approximate surface area is 194 Å². The van der Waals surface area contributed by atoms with E-state index in [0.717, 1.165) is 51.4 Å². The van der Waals surface area contributed by atoms with E-state index in [2.05, 4.69) is 15.0 Å². The molecule has 2 aliphatic rings. The van der Waals surface area contributed by atoms with Gasteiger partial charge < -0.3 is 20.5 Å². The van der Waals surface area contributed by atoms with Crippen LogP contribution in [0, 0.1) is 18.8 Å². The number of methoxy groups -OCH3 is 2. The van der Waals surface area contributed by atoms with E-state index in [-0.39, 0.29) is 35.7 Å². The number of halogens is 1. The molecule has 1 aromatic rings. The van der Waals surface area contributed by atoms with Crippen molar-refractivity contribution in [3.05, 3.63) is 28.5 Å². The first-order valence-electron chi connectivity index (χ1n) is 11.1. The molecule has 8 nitrogen and oxygen atoms in total. The molecule has 0 spiro atoms. The van der Waals surface area contributed by atoms with Crippen LogP contribution in [0.3, 0.4) is 0 Å². The summed E-state index contributed by atoms with van der Waals surface area (Å²) >= 11 is 5.88. The minimum Gasteiger partial charge on any atom is -0.469 e. The zero-order valence-corrected chi connectivity index (χ0v) is 19.8. The van der Waals surface area contributed by atoms with Crippen LogP contribution in [0.2, 0.25) is 5.02 Å². The van der Waals surface area contributed by atoms with Gasteiger partial charge in [0.05, 0.1) is 42.3 Å². The summed E-state index contributed by atoms with van der Waals surface area (Å²) in [4.78, 5) is 38.8. The van der Waals surface area contributed by atoms with Crippen molar-refractivity contribution < 1.29 is 23.9 Å². The first kappa shape index (κ1) is 26.1. The van der Waals surface area contributed by atoms with Gasteiger partial charge in [-0.1, -0.05) is 11.6 Å². The second-order valence-electron chi connectivity index (χ2n) is 8.47. The lowest BCUT2D eigenvalue weighted by molar-refractivity contribution is -0.147. The van der Waals surface area contributed by atoms with E-state index >= 15 is 0 Å². The van der Waals surface area contributed by atoms with Gasteiger partial charge in [0.2, 0.25) is 0 Å². The molecule has 3 N–H and O–H groups in total. The van der Waals surface area contributed by atoms with Crippen LogP contribution in [0.5, 0.6) is 0 Å². The lowest BCUT2D eigenvalue weighted by atomic mass is 9.86. The molecule has 2 fully saturated rings. The molecule has 2 saturated carbocycles. The first-order valence-corrected chi connectivity index (χ1v) is 11.5. The van der Waals surface area contributed by atoms with Crippen molar-refractivity contribution in [3.8, 4) is 0 Å². The summed E-state index contributed by atoms with van der Waals surface area (Å²) in [6.07, 6.45) is 8.27. The highest BCUT2D eigenvalue weighted by atomic mass is 35.5. The molecule has 1 amide bonds. The number of amides is 1. The Morgan fingerprint density at radius 3 is 1.97 bits per heavy atom. The number of nitrogens with one attached hydrogen (secondary N) is 1. The molecule has 0 aromatic carbocycles. The van der Waals surface area contributed by atoms with Crippen molar-refractivity contribution in [3.63, 3.8) is 0 Å². The van der Waals surface area contributed by atoms with E-state index in [1.54, 1.807) is 13.0 Å². The molecule has 1 aromatic heterocycles. The second-order valence-corrected chi connectivity index (χ2v) is 8.90. The molecule has 32 heavy (non-hydrogen) atoms. The summed E-state index contributed by atoms with van der Waals surface area (Å²) in [5, 5.41) is 3.44. The maximum Gasteiger partial charge on any atom is 0.308 e. The van der Waals surface area contributed by atoms with Crippen molar-refractivity contribution in [2.24, 2.45) is 17.6 Å². The van der Waals surface area contributed by atoms with E-state index in [0.29, 0.717) is 22.3 Å². The van der Waals surface area contributed by atoms with Crippen LogP contribution in [0.4, 0.5) is 0 Å². The average molecular weight is 468 g/mol. The number of aryl methyl sites for hydroxylation is 1. The van der Waals surface area contributed by atoms with Gasteiger partial charge in [-0.2, -0.15) is 0 Å². The van der Waals surface area contributed by atoms with Crippen LogP contribution >= 0.6 is 11.6 Å². The normalized spacial score (nSPS) is 25.0. The van der Waals surface area contributed by atoms with Gasteiger partial charge >= 0.3 is 11.9 Å². The van der Waals surface area contributed by atoms with Crippen molar-refractivity contribution in [1.29, 1.82) is 0 Å². The molecule has 0 bridgehead atoms. The highest BCUT2D eigenvalue weighted by molar-refractivity contribution is 6.30.